The van der Waals surface area contributed by atoms with Gasteiger partial charge in [0.1, 0.15) is 0 Å². The number of unbranched alkanes of at least 4 members (excludes halogenated alkanes) is 1. The zero-order valence-electron chi connectivity index (χ0n) is 9.05. The molecule has 1 aliphatic carbocycles. The van der Waals surface area contributed by atoms with Gasteiger partial charge in [-0.1, -0.05) is 25.3 Å². The van der Waals surface area contributed by atoms with E-state index in [1.165, 1.54) is 31.3 Å². The molecule has 78 valence electrons. The third-order valence-corrected chi connectivity index (χ3v) is 3.68. The SMILES string of the molecule is CCCC[C@H]1C[C@@H]2C(C)=CC(=O)N[C@H]12. The Morgan fingerprint density at radius 1 is 1.57 bits per heavy atom. The van der Waals surface area contributed by atoms with Crippen molar-refractivity contribution in [1.82, 2.24) is 5.32 Å². The maximum absolute atomic E-state index is 11.3. The van der Waals surface area contributed by atoms with E-state index in [0.717, 1.165) is 5.92 Å². The molecule has 0 radical (unpaired) electrons. The summed E-state index contributed by atoms with van der Waals surface area (Å²) in [5.74, 6) is 1.51. The summed E-state index contributed by atoms with van der Waals surface area (Å²) in [4.78, 5) is 11.3. The topological polar surface area (TPSA) is 29.1 Å². The molecule has 0 aromatic carbocycles. The second-order valence-corrected chi connectivity index (χ2v) is 4.67. The molecule has 0 saturated heterocycles. The molecule has 0 aromatic rings. The van der Waals surface area contributed by atoms with Gasteiger partial charge in [0.2, 0.25) is 5.91 Å². The molecule has 1 amide bonds. The number of hydrogen-bond acceptors (Lipinski definition) is 1. The molecule has 0 bridgehead atoms. The molecule has 1 heterocycles. The van der Waals surface area contributed by atoms with Crippen LogP contribution in [0.25, 0.3) is 0 Å². The first-order chi connectivity index (χ1) is 6.72. The minimum absolute atomic E-state index is 0.116. The van der Waals surface area contributed by atoms with Crippen molar-refractivity contribution in [2.45, 2.75) is 45.6 Å². The molecule has 2 rings (SSSR count). The molecule has 1 fully saturated rings. The smallest absolute Gasteiger partial charge is 0.244 e. The second-order valence-electron chi connectivity index (χ2n) is 4.67. The highest BCUT2D eigenvalue weighted by atomic mass is 16.1. The number of carbonyl (C=O) groups excluding carboxylic acids is 1. The summed E-state index contributed by atoms with van der Waals surface area (Å²) in [5.41, 5.74) is 1.28. The third-order valence-electron chi connectivity index (χ3n) is 3.68. The van der Waals surface area contributed by atoms with Gasteiger partial charge in [-0.15, -0.1) is 0 Å². The van der Waals surface area contributed by atoms with Crippen molar-refractivity contribution in [3.63, 3.8) is 0 Å². The average molecular weight is 193 g/mol. The van der Waals surface area contributed by atoms with Crippen LogP contribution in [0.1, 0.15) is 39.5 Å². The minimum atomic E-state index is 0.116. The van der Waals surface area contributed by atoms with Crippen LogP contribution >= 0.6 is 0 Å². The van der Waals surface area contributed by atoms with Crippen LogP contribution in [-0.2, 0) is 4.79 Å². The first-order valence-corrected chi connectivity index (χ1v) is 5.71. The lowest BCUT2D eigenvalue weighted by Gasteiger charge is -2.48. The Kier molecular flexibility index (Phi) is 2.62. The van der Waals surface area contributed by atoms with Crippen molar-refractivity contribution in [2.75, 3.05) is 0 Å². The molecule has 0 aromatic heterocycles. The van der Waals surface area contributed by atoms with E-state index in [1.807, 2.05) is 0 Å². The summed E-state index contributed by atoms with van der Waals surface area (Å²) in [6.45, 7) is 4.31. The van der Waals surface area contributed by atoms with Gasteiger partial charge in [0, 0.05) is 18.0 Å². The molecule has 1 aliphatic heterocycles. The summed E-state index contributed by atoms with van der Waals surface area (Å²) in [7, 11) is 0. The molecule has 2 aliphatic rings. The Labute approximate surface area is 85.8 Å². The molecule has 1 N–H and O–H groups in total. The van der Waals surface area contributed by atoms with E-state index in [1.54, 1.807) is 6.08 Å². The van der Waals surface area contributed by atoms with Gasteiger partial charge in [-0.2, -0.15) is 0 Å². The highest BCUT2D eigenvalue weighted by Gasteiger charge is 2.43. The Balaban J connectivity index is 1.94. The quantitative estimate of drug-likeness (QED) is 0.732. The van der Waals surface area contributed by atoms with Crippen molar-refractivity contribution >= 4 is 5.91 Å². The maximum atomic E-state index is 11.3. The number of hydrogen-bond donors (Lipinski definition) is 1. The second kappa shape index (κ2) is 3.76. The molecule has 1 saturated carbocycles. The zero-order valence-corrected chi connectivity index (χ0v) is 9.05. The summed E-state index contributed by atoms with van der Waals surface area (Å²) in [6, 6.07) is 0.457. The highest BCUT2D eigenvalue weighted by molar-refractivity contribution is 5.89. The van der Waals surface area contributed by atoms with Gasteiger partial charge >= 0.3 is 0 Å². The van der Waals surface area contributed by atoms with E-state index >= 15 is 0 Å². The van der Waals surface area contributed by atoms with Crippen molar-refractivity contribution in [3.8, 4) is 0 Å². The van der Waals surface area contributed by atoms with Crippen LogP contribution in [-0.4, -0.2) is 11.9 Å². The Morgan fingerprint density at radius 3 is 3.07 bits per heavy atom. The highest BCUT2D eigenvalue weighted by Crippen LogP contribution is 2.43. The monoisotopic (exact) mass is 193 g/mol. The number of amides is 1. The first kappa shape index (κ1) is 9.75. The molecule has 14 heavy (non-hydrogen) atoms. The molecule has 2 nitrogen and oxygen atoms in total. The summed E-state index contributed by atoms with van der Waals surface area (Å²) in [6.07, 6.45) is 6.89. The molecular weight excluding hydrogens is 174 g/mol. The van der Waals surface area contributed by atoms with E-state index in [4.69, 9.17) is 0 Å². The molecule has 3 atom stereocenters. The average Bonchev–Trinajstić information content (AvgIpc) is 2.11. The van der Waals surface area contributed by atoms with Gasteiger partial charge in [0.15, 0.2) is 0 Å². The largest absolute Gasteiger partial charge is 0.349 e. The maximum Gasteiger partial charge on any atom is 0.244 e. The molecule has 0 unspecified atom stereocenters. The summed E-state index contributed by atoms with van der Waals surface area (Å²) >= 11 is 0. The third kappa shape index (κ3) is 1.58. The van der Waals surface area contributed by atoms with Crippen LogP contribution in [0.5, 0.6) is 0 Å². The fourth-order valence-corrected chi connectivity index (χ4v) is 2.72. The lowest BCUT2D eigenvalue weighted by atomic mass is 9.64. The summed E-state index contributed by atoms with van der Waals surface area (Å²) in [5, 5.41) is 3.09. The standard InChI is InChI=1S/C12H19NO/c1-3-4-5-9-7-10-8(2)6-11(14)13-12(9)10/h6,9-10,12H,3-5,7H2,1-2H3,(H,13,14)/t9-,10+,12+/m0/s1. The van der Waals surface area contributed by atoms with Crippen LogP contribution < -0.4 is 5.32 Å². The number of fused-ring (bicyclic) bond motifs is 1. The van der Waals surface area contributed by atoms with Crippen molar-refractivity contribution < 1.29 is 4.79 Å². The van der Waals surface area contributed by atoms with E-state index < -0.39 is 0 Å². The van der Waals surface area contributed by atoms with Gasteiger partial charge in [-0.3, -0.25) is 4.79 Å². The van der Waals surface area contributed by atoms with Gasteiger partial charge in [-0.25, -0.2) is 0 Å². The van der Waals surface area contributed by atoms with Gasteiger partial charge in [0.25, 0.3) is 0 Å². The van der Waals surface area contributed by atoms with E-state index in [-0.39, 0.29) is 5.91 Å². The van der Waals surface area contributed by atoms with Gasteiger partial charge in [-0.05, 0) is 25.7 Å². The zero-order chi connectivity index (χ0) is 10.1. The van der Waals surface area contributed by atoms with Crippen LogP contribution in [0, 0.1) is 11.8 Å². The van der Waals surface area contributed by atoms with Crippen LogP contribution in [0.15, 0.2) is 11.6 Å². The number of nitrogens with one attached hydrogen (secondary N) is 1. The predicted molar refractivity (Wildman–Crippen MR) is 56.8 cm³/mol. The molecule has 2 heteroatoms. The normalized spacial score (nSPS) is 35.4. The summed E-state index contributed by atoms with van der Waals surface area (Å²) < 4.78 is 0. The fourth-order valence-electron chi connectivity index (χ4n) is 2.72. The minimum Gasteiger partial charge on any atom is -0.349 e. The van der Waals surface area contributed by atoms with E-state index in [2.05, 4.69) is 19.2 Å². The lowest BCUT2D eigenvalue weighted by Crippen LogP contribution is -2.56. The number of carbonyl (C=O) groups is 1. The fraction of sp³-hybridized carbons (Fsp3) is 0.750. The molecule has 0 spiro atoms. The van der Waals surface area contributed by atoms with Crippen molar-refractivity contribution in [2.24, 2.45) is 11.8 Å². The Bertz CT molecular complexity index is 269. The van der Waals surface area contributed by atoms with Crippen molar-refractivity contribution in [3.05, 3.63) is 11.6 Å². The van der Waals surface area contributed by atoms with Gasteiger partial charge < -0.3 is 5.32 Å². The van der Waals surface area contributed by atoms with Crippen molar-refractivity contribution in [1.29, 1.82) is 0 Å². The van der Waals surface area contributed by atoms with Crippen LogP contribution in [0.4, 0.5) is 0 Å². The van der Waals surface area contributed by atoms with E-state index in [0.29, 0.717) is 12.0 Å². The number of rotatable bonds is 3. The Hall–Kier alpha value is -0.790. The predicted octanol–water partition coefficient (Wildman–Crippen LogP) is 2.26. The van der Waals surface area contributed by atoms with Crippen LogP contribution in [0.3, 0.4) is 0 Å². The lowest BCUT2D eigenvalue weighted by molar-refractivity contribution is -0.120. The first-order valence-electron chi connectivity index (χ1n) is 5.71. The van der Waals surface area contributed by atoms with Crippen LogP contribution in [0.2, 0.25) is 0 Å². The Morgan fingerprint density at radius 2 is 2.36 bits per heavy atom. The van der Waals surface area contributed by atoms with Gasteiger partial charge in [0.05, 0.1) is 0 Å². The van der Waals surface area contributed by atoms with E-state index in [9.17, 15) is 4.79 Å². The molecular formula is C12H19NO.